The number of halogens is 1. The van der Waals surface area contributed by atoms with Crippen LogP contribution in [0.4, 0.5) is 0 Å². The number of hydrogen-bond donors (Lipinski definition) is 0. The van der Waals surface area contributed by atoms with E-state index in [2.05, 4.69) is 148 Å². The Hall–Kier alpha value is -3.36. The van der Waals surface area contributed by atoms with Gasteiger partial charge in [0.1, 0.15) is 6.54 Å². The molecule has 0 spiro atoms. The van der Waals surface area contributed by atoms with Crippen LogP contribution in [0.1, 0.15) is 172 Å². The molecule has 2 aromatic carbocycles. The number of nitrogens with zero attached hydrogens (tertiary/aromatic N) is 2. The molecule has 4 unspecified atom stereocenters. The Morgan fingerprint density at radius 1 is 0.684 bits per heavy atom. The normalized spacial score (nSPS) is 25.8. The molecule has 57 heavy (non-hydrogen) atoms. The molecule has 0 N–H and O–H groups in total. The highest BCUT2D eigenvalue weighted by Gasteiger charge is 2.55. The third-order valence-corrected chi connectivity index (χ3v) is 14.8. The van der Waals surface area contributed by atoms with Gasteiger partial charge in [0.05, 0.1) is 17.4 Å². The number of allylic oxidation sites excluding steroid dienone is 8. The third-order valence-electron chi connectivity index (χ3n) is 14.4. The maximum atomic E-state index is 7.47. The van der Waals surface area contributed by atoms with Crippen molar-refractivity contribution >= 4 is 29.5 Å². The van der Waals surface area contributed by atoms with E-state index in [0.717, 1.165) is 37.4 Å². The molecule has 0 bridgehead atoms. The number of unbranched alkanes of at least 4 members (excludes halogenated alkanes) is 10. The van der Waals surface area contributed by atoms with Gasteiger partial charge in [-0.15, -0.1) is 0 Å². The van der Waals surface area contributed by atoms with Crippen molar-refractivity contribution in [2.75, 3.05) is 13.1 Å². The second-order valence-electron chi connectivity index (χ2n) is 18.9. The van der Waals surface area contributed by atoms with Crippen LogP contribution in [0.3, 0.4) is 0 Å². The van der Waals surface area contributed by atoms with E-state index in [1.807, 2.05) is 0 Å². The van der Waals surface area contributed by atoms with E-state index in [1.54, 1.807) is 0 Å². The van der Waals surface area contributed by atoms with Crippen molar-refractivity contribution in [2.24, 2.45) is 10.8 Å². The van der Waals surface area contributed by atoms with Gasteiger partial charge in [0.25, 0.3) is 0 Å². The predicted octanol–water partition coefficient (Wildman–Crippen LogP) is 14.9. The lowest BCUT2D eigenvalue weighted by Gasteiger charge is -2.32. The lowest BCUT2D eigenvalue weighted by molar-refractivity contribution is -0.548. The second kappa shape index (κ2) is 18.7. The van der Waals surface area contributed by atoms with Gasteiger partial charge in [0, 0.05) is 41.1 Å². The van der Waals surface area contributed by atoms with Gasteiger partial charge in [0.15, 0.2) is 11.8 Å². The molecule has 2 aliphatic heterocycles. The maximum absolute atomic E-state index is 7.47. The molecule has 5 aliphatic rings. The molecule has 3 aliphatic carbocycles. The highest BCUT2D eigenvalue weighted by molar-refractivity contribution is 6.32. The van der Waals surface area contributed by atoms with Gasteiger partial charge in [-0.3, -0.25) is 0 Å². The van der Waals surface area contributed by atoms with Gasteiger partial charge in [0.2, 0.25) is 0 Å². The van der Waals surface area contributed by atoms with E-state index >= 15 is 0 Å². The zero-order valence-electron chi connectivity index (χ0n) is 36.3. The fourth-order valence-corrected chi connectivity index (χ4v) is 11.6. The number of hydrogen-bond acceptors (Lipinski definition) is 1. The summed E-state index contributed by atoms with van der Waals surface area (Å²) in [4.78, 5) is 2.76. The molecular formula is C54H72ClN2+. The molecule has 7 rings (SSSR count). The highest BCUT2D eigenvalue weighted by Crippen LogP contribution is 2.56. The Morgan fingerprint density at radius 2 is 1.30 bits per heavy atom. The van der Waals surface area contributed by atoms with E-state index in [0.29, 0.717) is 23.9 Å². The number of fused-ring (bicyclic) bond motifs is 6. The van der Waals surface area contributed by atoms with Crippen LogP contribution in [0, 0.1) is 10.8 Å². The SMILES string of the molecule is CCCCCCCCN1C(=CC=C2CCCC(C=CC3=[N+](CCCCCCCC)C4C=Cc5ccccc5C4C3(C)C)=C2Cl)C(C)(C)C2c3ccccc3C=CC21. The van der Waals surface area contributed by atoms with Crippen LogP contribution >= 0.6 is 11.6 Å². The van der Waals surface area contributed by atoms with Crippen LogP contribution in [-0.2, 0) is 0 Å². The lowest BCUT2D eigenvalue weighted by Crippen LogP contribution is -2.32. The molecule has 0 amide bonds. The third kappa shape index (κ3) is 8.69. The molecule has 0 saturated carbocycles. The molecule has 1 fully saturated rings. The van der Waals surface area contributed by atoms with Gasteiger partial charge in [-0.2, -0.15) is 0 Å². The average Bonchev–Trinajstić information content (AvgIpc) is 3.57. The van der Waals surface area contributed by atoms with Gasteiger partial charge < -0.3 is 4.90 Å². The van der Waals surface area contributed by atoms with Crippen LogP contribution < -0.4 is 0 Å². The molecule has 3 heteroatoms. The minimum absolute atomic E-state index is 0.00634. The monoisotopic (exact) mass is 784 g/mol. The first-order valence-corrected chi connectivity index (χ1v) is 23.5. The van der Waals surface area contributed by atoms with Gasteiger partial charge in [-0.25, -0.2) is 4.58 Å². The van der Waals surface area contributed by atoms with E-state index in [-0.39, 0.29) is 10.8 Å². The van der Waals surface area contributed by atoms with E-state index in [9.17, 15) is 0 Å². The van der Waals surface area contributed by atoms with Crippen molar-refractivity contribution in [3.63, 3.8) is 0 Å². The lowest BCUT2D eigenvalue weighted by atomic mass is 9.68. The summed E-state index contributed by atoms with van der Waals surface area (Å²) in [6, 6.07) is 19.0. The summed E-state index contributed by atoms with van der Waals surface area (Å²) in [5.74, 6) is 0.881. The zero-order valence-corrected chi connectivity index (χ0v) is 37.1. The van der Waals surface area contributed by atoms with Crippen LogP contribution in [0.25, 0.3) is 12.2 Å². The molecule has 4 atom stereocenters. The summed E-state index contributed by atoms with van der Waals surface area (Å²) in [5, 5.41) is 0.969. The van der Waals surface area contributed by atoms with Crippen molar-refractivity contribution < 1.29 is 4.58 Å². The minimum Gasteiger partial charge on any atom is -0.367 e. The summed E-state index contributed by atoms with van der Waals surface area (Å²) in [5.41, 5.74) is 11.3. The number of likely N-dealkylation sites (tertiary alicyclic amines) is 1. The molecule has 304 valence electrons. The van der Waals surface area contributed by atoms with Gasteiger partial charge in [-0.05, 0) is 91.5 Å². The topological polar surface area (TPSA) is 6.25 Å². The first-order chi connectivity index (χ1) is 27.7. The van der Waals surface area contributed by atoms with E-state index < -0.39 is 0 Å². The molecule has 2 heterocycles. The van der Waals surface area contributed by atoms with Crippen molar-refractivity contribution in [1.82, 2.24) is 4.90 Å². The van der Waals surface area contributed by atoms with Gasteiger partial charge >= 0.3 is 0 Å². The van der Waals surface area contributed by atoms with Crippen LogP contribution in [0.15, 0.2) is 107 Å². The first-order valence-electron chi connectivity index (χ1n) is 23.1. The average molecular weight is 785 g/mol. The Balaban J connectivity index is 1.18. The van der Waals surface area contributed by atoms with Crippen molar-refractivity contribution in [3.8, 4) is 0 Å². The fourth-order valence-electron chi connectivity index (χ4n) is 11.3. The standard InChI is InChI=1S/C54H72ClN2/c1-7-9-11-13-15-21-38-56-46-34-30-40-24-17-19-28-44(40)50(46)53(3,4)48(56)36-32-42-26-23-27-43(52(42)55)33-37-49-54(5,6)51-45-29-20-18-25-41(45)31-35-47(51)57(49)39-22-16-14-12-10-8-2/h17-20,24-25,28-37,46-47,50-51H,7-16,21-23,26-27,38-39H2,1-6H3/q+1. The summed E-state index contributed by atoms with van der Waals surface area (Å²) < 4.78 is 2.76. The Bertz CT molecular complexity index is 1940. The Labute approximate surface area is 352 Å². The van der Waals surface area contributed by atoms with Gasteiger partial charge in [-0.1, -0.05) is 176 Å². The zero-order chi connectivity index (χ0) is 40.0. The molecule has 1 saturated heterocycles. The quantitative estimate of drug-likeness (QED) is 0.114. The molecule has 0 aromatic heterocycles. The Kier molecular flexibility index (Phi) is 13.7. The summed E-state index contributed by atoms with van der Waals surface area (Å²) >= 11 is 7.47. The van der Waals surface area contributed by atoms with Crippen LogP contribution in [0.5, 0.6) is 0 Å². The number of benzene rings is 2. The molecular weight excluding hydrogens is 712 g/mol. The second-order valence-corrected chi connectivity index (χ2v) is 19.3. The maximum Gasteiger partial charge on any atom is 0.183 e. The summed E-state index contributed by atoms with van der Waals surface area (Å²) in [7, 11) is 0. The first kappa shape index (κ1) is 41.8. The molecule has 2 aromatic rings. The van der Waals surface area contributed by atoms with E-state index in [4.69, 9.17) is 11.6 Å². The Morgan fingerprint density at radius 3 is 2.00 bits per heavy atom. The summed E-state index contributed by atoms with van der Waals surface area (Å²) in [6.45, 7) is 16.8. The highest BCUT2D eigenvalue weighted by atomic mass is 35.5. The molecule has 0 radical (unpaired) electrons. The smallest absolute Gasteiger partial charge is 0.183 e. The van der Waals surface area contributed by atoms with Crippen molar-refractivity contribution in [3.05, 3.63) is 129 Å². The van der Waals surface area contributed by atoms with Crippen molar-refractivity contribution in [1.29, 1.82) is 0 Å². The van der Waals surface area contributed by atoms with Crippen molar-refractivity contribution in [2.45, 2.75) is 162 Å². The largest absolute Gasteiger partial charge is 0.367 e. The molecule has 2 nitrogen and oxygen atoms in total. The van der Waals surface area contributed by atoms with Crippen LogP contribution in [-0.4, -0.2) is 40.4 Å². The van der Waals surface area contributed by atoms with Crippen LogP contribution in [0.2, 0.25) is 0 Å². The fraction of sp³-hybridized carbons (Fsp3) is 0.537. The van der Waals surface area contributed by atoms with E-state index in [1.165, 1.54) is 122 Å². The summed E-state index contributed by atoms with van der Waals surface area (Å²) in [6.07, 6.45) is 38.5. The minimum atomic E-state index is 0.00634. The number of rotatable bonds is 17. The predicted molar refractivity (Wildman–Crippen MR) is 247 cm³/mol.